The minimum Gasteiger partial charge on any atom is -0.493 e. The van der Waals surface area contributed by atoms with Crippen molar-refractivity contribution in [3.8, 4) is 11.5 Å². The molecular weight excluding hydrogens is 384 g/mol. The smallest absolute Gasteiger partial charge is 0.191 e. The van der Waals surface area contributed by atoms with Crippen molar-refractivity contribution in [2.75, 3.05) is 60.7 Å². The van der Waals surface area contributed by atoms with Crippen LogP contribution in [0.1, 0.15) is 11.6 Å². The highest BCUT2D eigenvalue weighted by molar-refractivity contribution is 5.79. The highest BCUT2D eigenvalue weighted by atomic mass is 16.5. The molecule has 2 heterocycles. The first kappa shape index (κ1) is 21.9. The molecule has 0 aliphatic carbocycles. The normalized spacial score (nSPS) is 16.2. The highest BCUT2D eigenvalue weighted by Gasteiger charge is 2.24. The van der Waals surface area contributed by atoms with Crippen molar-refractivity contribution in [1.82, 2.24) is 25.3 Å². The van der Waals surface area contributed by atoms with E-state index in [9.17, 15) is 0 Å². The van der Waals surface area contributed by atoms with Gasteiger partial charge in [-0.1, -0.05) is 6.07 Å². The zero-order chi connectivity index (χ0) is 21.2. The third kappa shape index (κ3) is 5.87. The number of benzene rings is 1. The Hall–Kier alpha value is -2.78. The van der Waals surface area contributed by atoms with Gasteiger partial charge >= 0.3 is 0 Å². The maximum atomic E-state index is 5.55. The van der Waals surface area contributed by atoms with Gasteiger partial charge in [0.15, 0.2) is 17.5 Å². The van der Waals surface area contributed by atoms with Crippen LogP contribution in [-0.4, -0.2) is 81.3 Å². The molecule has 1 aliphatic heterocycles. The van der Waals surface area contributed by atoms with E-state index in [0.717, 1.165) is 62.4 Å². The molecule has 1 aliphatic rings. The lowest BCUT2D eigenvalue weighted by Crippen LogP contribution is -2.46. The van der Waals surface area contributed by atoms with E-state index >= 15 is 0 Å². The summed E-state index contributed by atoms with van der Waals surface area (Å²) in [6.07, 6.45) is 3.73. The van der Waals surface area contributed by atoms with Gasteiger partial charge in [-0.15, -0.1) is 0 Å². The molecule has 9 nitrogen and oxygen atoms in total. The molecule has 1 saturated heterocycles. The predicted molar refractivity (Wildman–Crippen MR) is 116 cm³/mol. The molecule has 0 spiro atoms. The Kier molecular flexibility index (Phi) is 8.34. The summed E-state index contributed by atoms with van der Waals surface area (Å²) in [6.45, 7) is 5.45. The Labute approximate surface area is 178 Å². The van der Waals surface area contributed by atoms with E-state index in [1.54, 1.807) is 27.5 Å². The summed E-state index contributed by atoms with van der Waals surface area (Å²) in [4.78, 5) is 6.78. The van der Waals surface area contributed by atoms with Crippen LogP contribution >= 0.6 is 0 Å². The maximum absolute atomic E-state index is 5.55. The molecule has 164 valence electrons. The van der Waals surface area contributed by atoms with Crippen LogP contribution in [0.25, 0.3) is 0 Å². The van der Waals surface area contributed by atoms with Crippen LogP contribution in [0.5, 0.6) is 11.5 Å². The van der Waals surface area contributed by atoms with E-state index in [4.69, 9.17) is 14.2 Å². The summed E-state index contributed by atoms with van der Waals surface area (Å²) in [5.74, 6) is 2.22. The fourth-order valence-electron chi connectivity index (χ4n) is 3.54. The van der Waals surface area contributed by atoms with Gasteiger partial charge in [-0.2, -0.15) is 5.10 Å². The number of ether oxygens (including phenoxy) is 3. The first-order valence-electron chi connectivity index (χ1n) is 10.2. The minimum atomic E-state index is 0.151. The molecule has 1 unspecified atom stereocenters. The number of aliphatic imine (C=N–C) groups is 1. The molecule has 0 amide bonds. The Balaban J connectivity index is 1.66. The molecular formula is C21H32N6O3. The van der Waals surface area contributed by atoms with Crippen molar-refractivity contribution < 1.29 is 14.2 Å². The zero-order valence-corrected chi connectivity index (χ0v) is 18.0. The molecule has 9 heteroatoms. The van der Waals surface area contributed by atoms with E-state index in [0.29, 0.717) is 6.54 Å². The van der Waals surface area contributed by atoms with Gasteiger partial charge in [0.2, 0.25) is 0 Å². The average Bonchev–Trinajstić information content (AvgIpc) is 3.32. The Morgan fingerprint density at radius 2 is 2.00 bits per heavy atom. The van der Waals surface area contributed by atoms with Gasteiger partial charge in [-0.3, -0.25) is 14.6 Å². The molecule has 1 aromatic carbocycles. The van der Waals surface area contributed by atoms with Crippen LogP contribution in [0.15, 0.2) is 41.7 Å². The second-order valence-corrected chi connectivity index (χ2v) is 6.93. The van der Waals surface area contributed by atoms with Gasteiger partial charge in [0.05, 0.1) is 40.0 Å². The lowest BCUT2D eigenvalue weighted by Gasteiger charge is -2.35. The number of guanidine groups is 1. The van der Waals surface area contributed by atoms with E-state index in [1.807, 2.05) is 23.0 Å². The van der Waals surface area contributed by atoms with Gasteiger partial charge in [-0.25, -0.2) is 0 Å². The van der Waals surface area contributed by atoms with Crippen molar-refractivity contribution in [3.05, 3.63) is 42.2 Å². The number of hydrogen-bond donors (Lipinski definition) is 2. The van der Waals surface area contributed by atoms with Gasteiger partial charge in [0, 0.05) is 45.6 Å². The third-order valence-corrected chi connectivity index (χ3v) is 5.16. The Bertz CT molecular complexity index is 790. The molecule has 1 aromatic heterocycles. The van der Waals surface area contributed by atoms with Crippen LogP contribution in [0.2, 0.25) is 0 Å². The highest BCUT2D eigenvalue weighted by Crippen LogP contribution is 2.32. The molecule has 30 heavy (non-hydrogen) atoms. The summed E-state index contributed by atoms with van der Waals surface area (Å²) >= 11 is 0. The summed E-state index contributed by atoms with van der Waals surface area (Å²) in [7, 11) is 5.09. The molecule has 3 rings (SSSR count). The number of hydrogen-bond acceptors (Lipinski definition) is 6. The third-order valence-electron chi connectivity index (χ3n) is 5.16. The number of nitrogens with zero attached hydrogens (tertiary/aromatic N) is 4. The van der Waals surface area contributed by atoms with E-state index in [1.165, 1.54) is 0 Å². The van der Waals surface area contributed by atoms with Crippen molar-refractivity contribution in [1.29, 1.82) is 0 Å². The van der Waals surface area contributed by atoms with Crippen LogP contribution in [0.3, 0.4) is 0 Å². The SMILES string of the molecule is CN=C(NCCn1cccn1)NCC(c1ccc(OC)c(OC)c1)N1CCOCC1. The number of nitrogens with one attached hydrogen (secondary N) is 2. The summed E-state index contributed by atoms with van der Waals surface area (Å²) in [5.41, 5.74) is 1.16. The summed E-state index contributed by atoms with van der Waals surface area (Å²) in [5, 5.41) is 11.0. The Morgan fingerprint density at radius 1 is 1.20 bits per heavy atom. The molecule has 2 aromatic rings. The van der Waals surface area contributed by atoms with Gasteiger partial charge < -0.3 is 24.8 Å². The predicted octanol–water partition coefficient (Wildman–Crippen LogP) is 1.14. The van der Waals surface area contributed by atoms with E-state index in [2.05, 4.69) is 37.8 Å². The van der Waals surface area contributed by atoms with Crippen LogP contribution < -0.4 is 20.1 Å². The van der Waals surface area contributed by atoms with Crippen LogP contribution in [0, 0.1) is 0 Å². The monoisotopic (exact) mass is 416 g/mol. The molecule has 2 N–H and O–H groups in total. The van der Waals surface area contributed by atoms with Gasteiger partial charge in [0.25, 0.3) is 0 Å². The first-order valence-corrected chi connectivity index (χ1v) is 10.2. The number of rotatable bonds is 9. The van der Waals surface area contributed by atoms with Crippen molar-refractivity contribution in [2.24, 2.45) is 4.99 Å². The lowest BCUT2D eigenvalue weighted by atomic mass is 10.0. The van der Waals surface area contributed by atoms with Crippen molar-refractivity contribution in [2.45, 2.75) is 12.6 Å². The zero-order valence-electron chi connectivity index (χ0n) is 18.0. The van der Waals surface area contributed by atoms with Gasteiger partial charge in [0.1, 0.15) is 0 Å². The molecule has 0 radical (unpaired) electrons. The maximum Gasteiger partial charge on any atom is 0.191 e. The largest absolute Gasteiger partial charge is 0.493 e. The fraction of sp³-hybridized carbons (Fsp3) is 0.524. The Morgan fingerprint density at radius 3 is 2.67 bits per heavy atom. The van der Waals surface area contributed by atoms with E-state index < -0.39 is 0 Å². The topological polar surface area (TPSA) is 85.2 Å². The summed E-state index contributed by atoms with van der Waals surface area (Å²) in [6, 6.07) is 8.17. The quantitative estimate of drug-likeness (QED) is 0.468. The summed E-state index contributed by atoms with van der Waals surface area (Å²) < 4.78 is 18.4. The number of morpholine rings is 1. The average molecular weight is 417 g/mol. The second-order valence-electron chi connectivity index (χ2n) is 6.93. The van der Waals surface area contributed by atoms with Gasteiger partial charge in [-0.05, 0) is 23.8 Å². The number of methoxy groups -OCH3 is 2. The van der Waals surface area contributed by atoms with Crippen LogP contribution in [0.4, 0.5) is 0 Å². The first-order chi connectivity index (χ1) is 14.7. The van der Waals surface area contributed by atoms with Crippen molar-refractivity contribution >= 4 is 5.96 Å². The molecule has 1 fully saturated rings. The minimum absolute atomic E-state index is 0.151. The second kappa shape index (κ2) is 11.4. The van der Waals surface area contributed by atoms with E-state index in [-0.39, 0.29) is 6.04 Å². The molecule has 1 atom stereocenters. The standard InChI is InChI=1S/C21H32N6O3/c1-22-21(23-8-10-27-9-4-7-25-27)24-16-18(26-11-13-30-14-12-26)17-5-6-19(28-2)20(15-17)29-3/h4-7,9,15,18H,8,10-14,16H2,1-3H3,(H2,22,23,24). The molecule has 0 bridgehead atoms. The number of aromatic nitrogens is 2. The van der Waals surface area contributed by atoms with Crippen LogP contribution in [-0.2, 0) is 11.3 Å². The van der Waals surface area contributed by atoms with Crippen molar-refractivity contribution in [3.63, 3.8) is 0 Å². The fourth-order valence-corrected chi connectivity index (χ4v) is 3.54. The molecule has 0 saturated carbocycles. The lowest BCUT2D eigenvalue weighted by molar-refractivity contribution is 0.0169.